The zero-order chi connectivity index (χ0) is 11.0. The Kier molecular flexibility index (Phi) is 2.80. The van der Waals surface area contributed by atoms with E-state index in [9.17, 15) is 0 Å². The molecule has 5 heteroatoms. The van der Waals surface area contributed by atoms with Crippen LogP contribution in [0, 0.1) is 6.92 Å². The first-order valence-electron chi connectivity index (χ1n) is 4.56. The first kappa shape index (κ1) is 10.6. The highest BCUT2D eigenvalue weighted by molar-refractivity contribution is 7.99. The van der Waals surface area contributed by atoms with Gasteiger partial charge in [-0.2, -0.15) is 5.10 Å². The van der Waals surface area contributed by atoms with E-state index in [0.717, 1.165) is 21.7 Å². The second kappa shape index (κ2) is 3.94. The fourth-order valence-electron chi connectivity index (χ4n) is 1.73. The van der Waals surface area contributed by atoms with Crippen LogP contribution >= 0.6 is 23.5 Å². The SMILES string of the molecule is CSNc1nn(C)c2c(C)ccc(Cl)c12. The van der Waals surface area contributed by atoms with Gasteiger partial charge in [0.2, 0.25) is 0 Å². The van der Waals surface area contributed by atoms with Gasteiger partial charge in [-0.15, -0.1) is 0 Å². The van der Waals surface area contributed by atoms with Gasteiger partial charge in [0.15, 0.2) is 5.82 Å². The molecule has 1 aromatic carbocycles. The molecule has 3 nitrogen and oxygen atoms in total. The van der Waals surface area contributed by atoms with E-state index < -0.39 is 0 Å². The Balaban J connectivity index is 2.80. The van der Waals surface area contributed by atoms with E-state index in [1.165, 1.54) is 17.5 Å². The van der Waals surface area contributed by atoms with E-state index in [1.807, 2.05) is 30.1 Å². The number of aryl methyl sites for hydroxylation is 2. The van der Waals surface area contributed by atoms with Crippen molar-refractivity contribution in [3.8, 4) is 0 Å². The van der Waals surface area contributed by atoms with Crippen molar-refractivity contribution < 1.29 is 0 Å². The highest BCUT2D eigenvalue weighted by Crippen LogP contribution is 2.32. The van der Waals surface area contributed by atoms with Crippen molar-refractivity contribution in [3.63, 3.8) is 0 Å². The maximum absolute atomic E-state index is 6.18. The van der Waals surface area contributed by atoms with Crippen LogP contribution in [0.4, 0.5) is 5.82 Å². The van der Waals surface area contributed by atoms with Crippen molar-refractivity contribution in [2.24, 2.45) is 7.05 Å². The fourth-order valence-corrected chi connectivity index (χ4v) is 2.31. The Bertz CT molecular complexity index is 507. The van der Waals surface area contributed by atoms with Crippen LogP contribution in [0.2, 0.25) is 5.02 Å². The number of nitrogens with one attached hydrogen (secondary N) is 1. The molecule has 0 saturated carbocycles. The lowest BCUT2D eigenvalue weighted by molar-refractivity contribution is 0.800. The number of hydrogen-bond donors (Lipinski definition) is 1. The highest BCUT2D eigenvalue weighted by Gasteiger charge is 2.13. The third-order valence-electron chi connectivity index (χ3n) is 2.34. The van der Waals surface area contributed by atoms with Gasteiger partial charge < -0.3 is 4.72 Å². The van der Waals surface area contributed by atoms with Gasteiger partial charge >= 0.3 is 0 Å². The van der Waals surface area contributed by atoms with Crippen molar-refractivity contribution in [2.45, 2.75) is 6.92 Å². The molecular weight excluding hydrogens is 230 g/mol. The molecule has 0 atom stereocenters. The average Bonchev–Trinajstić information content (AvgIpc) is 2.51. The summed E-state index contributed by atoms with van der Waals surface area (Å²) in [6, 6.07) is 3.92. The number of halogens is 1. The molecule has 0 spiro atoms. The van der Waals surface area contributed by atoms with Crippen LogP contribution in [0.3, 0.4) is 0 Å². The molecule has 1 N–H and O–H groups in total. The van der Waals surface area contributed by atoms with E-state index in [4.69, 9.17) is 11.6 Å². The van der Waals surface area contributed by atoms with Crippen LogP contribution in [0.1, 0.15) is 5.56 Å². The van der Waals surface area contributed by atoms with Gasteiger partial charge in [-0.3, -0.25) is 4.68 Å². The highest BCUT2D eigenvalue weighted by atomic mass is 35.5. The molecule has 2 aromatic rings. The standard InChI is InChI=1S/C10H12ClN3S/c1-6-4-5-7(11)8-9(6)14(2)12-10(8)13-15-3/h4-5H,1-3H3,(H,12,13). The quantitative estimate of drug-likeness (QED) is 0.819. The molecule has 0 aliphatic carbocycles. The second-order valence-electron chi connectivity index (χ2n) is 3.37. The zero-order valence-corrected chi connectivity index (χ0v) is 10.4. The van der Waals surface area contributed by atoms with Crippen molar-refractivity contribution >= 4 is 40.3 Å². The Labute approximate surface area is 97.9 Å². The molecule has 0 unspecified atom stereocenters. The summed E-state index contributed by atoms with van der Waals surface area (Å²) >= 11 is 7.69. The topological polar surface area (TPSA) is 29.9 Å². The number of anilines is 1. The van der Waals surface area contributed by atoms with Gasteiger partial charge in [0.25, 0.3) is 0 Å². The largest absolute Gasteiger partial charge is 0.313 e. The molecule has 1 aromatic heterocycles. The Morgan fingerprint density at radius 2 is 2.20 bits per heavy atom. The molecule has 0 aliphatic heterocycles. The van der Waals surface area contributed by atoms with E-state index >= 15 is 0 Å². The molecule has 0 amide bonds. The maximum Gasteiger partial charge on any atom is 0.167 e. The van der Waals surface area contributed by atoms with Crippen molar-refractivity contribution in [2.75, 3.05) is 11.0 Å². The zero-order valence-electron chi connectivity index (χ0n) is 8.84. The van der Waals surface area contributed by atoms with E-state index in [0.29, 0.717) is 0 Å². The number of benzene rings is 1. The lowest BCUT2D eigenvalue weighted by atomic mass is 10.1. The summed E-state index contributed by atoms with van der Waals surface area (Å²) in [5.41, 5.74) is 2.26. The number of hydrogen-bond acceptors (Lipinski definition) is 3. The summed E-state index contributed by atoms with van der Waals surface area (Å²) in [5, 5.41) is 6.13. The predicted octanol–water partition coefficient (Wildman–Crippen LogP) is 3.23. The van der Waals surface area contributed by atoms with Crippen molar-refractivity contribution in [3.05, 3.63) is 22.7 Å². The lowest BCUT2D eigenvalue weighted by Gasteiger charge is -2.01. The minimum atomic E-state index is 0.736. The Morgan fingerprint density at radius 1 is 1.47 bits per heavy atom. The summed E-state index contributed by atoms with van der Waals surface area (Å²) in [6.45, 7) is 2.06. The van der Waals surface area contributed by atoms with E-state index in [-0.39, 0.29) is 0 Å². The normalized spacial score (nSPS) is 10.9. The van der Waals surface area contributed by atoms with Crippen molar-refractivity contribution in [1.29, 1.82) is 0 Å². The number of nitrogens with zero attached hydrogens (tertiary/aromatic N) is 2. The first-order valence-corrected chi connectivity index (χ1v) is 6.16. The van der Waals surface area contributed by atoms with Crippen LogP contribution in [-0.2, 0) is 7.05 Å². The summed E-state index contributed by atoms with van der Waals surface area (Å²) in [6.07, 6.45) is 1.96. The van der Waals surface area contributed by atoms with Gasteiger partial charge in [-0.05, 0) is 18.6 Å². The minimum Gasteiger partial charge on any atom is -0.313 e. The van der Waals surface area contributed by atoms with Crippen LogP contribution in [0.25, 0.3) is 10.9 Å². The summed E-state index contributed by atoms with van der Waals surface area (Å²) in [7, 11) is 1.93. The Morgan fingerprint density at radius 3 is 2.87 bits per heavy atom. The van der Waals surface area contributed by atoms with E-state index in [1.54, 1.807) is 0 Å². The molecule has 0 bridgehead atoms. The molecule has 80 valence electrons. The van der Waals surface area contributed by atoms with Gasteiger partial charge in [-0.1, -0.05) is 29.6 Å². The van der Waals surface area contributed by atoms with Gasteiger partial charge in [0, 0.05) is 13.3 Å². The van der Waals surface area contributed by atoms with Crippen molar-refractivity contribution in [1.82, 2.24) is 9.78 Å². The predicted molar refractivity (Wildman–Crippen MR) is 67.6 cm³/mol. The van der Waals surface area contributed by atoms with Crippen LogP contribution in [-0.4, -0.2) is 16.0 Å². The van der Waals surface area contributed by atoms with Crippen LogP contribution < -0.4 is 4.72 Å². The van der Waals surface area contributed by atoms with Gasteiger partial charge in [0.1, 0.15) is 0 Å². The van der Waals surface area contributed by atoms with Gasteiger partial charge in [-0.25, -0.2) is 0 Å². The first-order chi connectivity index (χ1) is 7.15. The average molecular weight is 242 g/mol. The smallest absolute Gasteiger partial charge is 0.167 e. The maximum atomic E-state index is 6.18. The van der Waals surface area contributed by atoms with E-state index in [2.05, 4.69) is 16.7 Å². The number of fused-ring (bicyclic) bond motifs is 1. The molecule has 2 rings (SSSR count). The number of rotatable bonds is 2. The summed E-state index contributed by atoms with van der Waals surface area (Å²) < 4.78 is 5.00. The monoisotopic (exact) mass is 241 g/mol. The lowest BCUT2D eigenvalue weighted by Crippen LogP contribution is -1.92. The fraction of sp³-hybridized carbons (Fsp3) is 0.300. The van der Waals surface area contributed by atoms with Gasteiger partial charge in [0.05, 0.1) is 15.9 Å². The summed E-state index contributed by atoms with van der Waals surface area (Å²) in [5.74, 6) is 0.828. The van der Waals surface area contributed by atoms with Crippen LogP contribution in [0.5, 0.6) is 0 Å². The molecule has 0 radical (unpaired) electrons. The minimum absolute atomic E-state index is 0.736. The Hall–Kier alpha value is -0.870. The number of aromatic nitrogens is 2. The molecule has 0 aliphatic rings. The molecular formula is C10H12ClN3S. The molecule has 0 fully saturated rings. The third kappa shape index (κ3) is 1.68. The van der Waals surface area contributed by atoms with Crippen LogP contribution in [0.15, 0.2) is 12.1 Å². The molecule has 15 heavy (non-hydrogen) atoms. The molecule has 1 heterocycles. The summed E-state index contributed by atoms with van der Waals surface area (Å²) in [4.78, 5) is 0. The third-order valence-corrected chi connectivity index (χ3v) is 3.05. The second-order valence-corrected chi connectivity index (χ2v) is 4.39. The molecule has 0 saturated heterocycles.